The molecule has 0 aromatic carbocycles. The summed E-state index contributed by atoms with van der Waals surface area (Å²) in [7, 11) is 0. The maximum atomic E-state index is 11.7. The van der Waals surface area contributed by atoms with Crippen LogP contribution < -0.4 is 0 Å². The van der Waals surface area contributed by atoms with E-state index in [1.165, 1.54) is 0 Å². The van der Waals surface area contributed by atoms with Gasteiger partial charge in [0.25, 0.3) is 0 Å². The Balaban J connectivity index is 1.94. The molecule has 2 bridgehead atoms. The third-order valence-corrected chi connectivity index (χ3v) is 6.92. The third-order valence-electron chi connectivity index (χ3n) is 5.47. The van der Waals surface area contributed by atoms with Gasteiger partial charge in [-0.2, -0.15) is 0 Å². The van der Waals surface area contributed by atoms with Gasteiger partial charge in [0.05, 0.1) is 4.32 Å². The van der Waals surface area contributed by atoms with Crippen LogP contribution in [0.25, 0.3) is 0 Å². The summed E-state index contributed by atoms with van der Waals surface area (Å²) in [4.78, 5) is 11.7. The fourth-order valence-corrected chi connectivity index (χ4v) is 6.85. The van der Waals surface area contributed by atoms with Gasteiger partial charge in [-0.3, -0.25) is 4.79 Å². The lowest BCUT2D eigenvalue weighted by Crippen LogP contribution is -2.85. The van der Waals surface area contributed by atoms with Gasteiger partial charge >= 0.3 is 0 Å². The van der Waals surface area contributed by atoms with E-state index in [9.17, 15) is 4.79 Å². The van der Waals surface area contributed by atoms with E-state index in [0.717, 1.165) is 35.5 Å². The Morgan fingerprint density at radius 2 is 1.73 bits per heavy atom. The number of Topliss-reactive ketones (excluding diaryl/α,β-unsaturated/α-hetero) is 1. The minimum atomic E-state index is 0.0480. The lowest BCUT2D eigenvalue weighted by atomic mass is 9.20. The number of rotatable bonds is 0. The molecule has 2 heteroatoms. The third kappa shape index (κ3) is 0.199. The Kier molecular flexibility index (Phi) is 0.425. The Labute approximate surface area is 72.7 Å². The van der Waals surface area contributed by atoms with E-state index in [1.54, 1.807) is 0 Å². The zero-order valence-corrected chi connectivity index (χ0v) is 7.41. The Morgan fingerprint density at radius 1 is 1.09 bits per heavy atom. The van der Waals surface area contributed by atoms with Crippen molar-refractivity contribution in [2.75, 3.05) is 0 Å². The van der Waals surface area contributed by atoms with Gasteiger partial charge in [-0.1, -0.05) is 15.9 Å². The first-order valence-corrected chi connectivity index (χ1v) is 5.30. The summed E-state index contributed by atoms with van der Waals surface area (Å²) in [5.74, 6) is 6.51. The first-order valence-electron chi connectivity index (χ1n) is 4.51. The maximum absolute atomic E-state index is 11.7. The van der Waals surface area contributed by atoms with Gasteiger partial charge in [-0.25, -0.2) is 0 Å². The van der Waals surface area contributed by atoms with E-state index in [4.69, 9.17) is 0 Å². The molecule has 0 aromatic heterocycles. The van der Waals surface area contributed by atoms with E-state index >= 15 is 0 Å². The summed E-state index contributed by atoms with van der Waals surface area (Å²) in [5, 5.41) is 0. The largest absolute Gasteiger partial charge is 0.298 e. The summed E-state index contributed by atoms with van der Waals surface area (Å²) in [6, 6.07) is 0. The number of ketones is 1. The van der Waals surface area contributed by atoms with Gasteiger partial charge in [0.2, 0.25) is 0 Å². The number of carbonyl (C=O) groups is 1. The number of carbonyl (C=O) groups excluding carboxylic acids is 1. The second kappa shape index (κ2) is 0.935. The van der Waals surface area contributed by atoms with Crippen molar-refractivity contribution in [1.29, 1.82) is 0 Å². The highest BCUT2D eigenvalue weighted by atomic mass is 79.9. The van der Waals surface area contributed by atoms with Crippen molar-refractivity contribution >= 4 is 21.7 Å². The van der Waals surface area contributed by atoms with Crippen LogP contribution in [0.4, 0.5) is 0 Å². The van der Waals surface area contributed by atoms with E-state index < -0.39 is 0 Å². The van der Waals surface area contributed by atoms with Crippen LogP contribution in [0.3, 0.4) is 0 Å². The van der Waals surface area contributed by atoms with Crippen molar-refractivity contribution in [2.45, 2.75) is 4.32 Å². The summed E-state index contributed by atoms with van der Waals surface area (Å²) in [6.07, 6.45) is 0. The Hall–Kier alpha value is 0.150. The Bertz CT molecular complexity index is 316. The minimum absolute atomic E-state index is 0.0480. The lowest BCUT2D eigenvalue weighted by molar-refractivity contribution is -0.367. The van der Waals surface area contributed by atoms with Crippen LogP contribution in [0.15, 0.2) is 0 Å². The van der Waals surface area contributed by atoms with Crippen LogP contribution in [-0.2, 0) is 4.79 Å². The highest BCUT2D eigenvalue weighted by Gasteiger charge is 2.99. The summed E-state index contributed by atoms with van der Waals surface area (Å²) < 4.78 is 0.0480. The number of hydrogen-bond donors (Lipinski definition) is 0. The molecule has 0 heterocycles. The van der Waals surface area contributed by atoms with Crippen molar-refractivity contribution in [3.8, 4) is 0 Å². The van der Waals surface area contributed by atoms with Crippen molar-refractivity contribution in [3.63, 3.8) is 0 Å². The first kappa shape index (κ1) is 5.00. The molecular formula is C9H7BrO. The minimum Gasteiger partial charge on any atom is -0.298 e. The molecule has 11 heavy (non-hydrogen) atoms. The highest BCUT2D eigenvalue weighted by Crippen LogP contribution is 2.96. The molecule has 6 rings (SSSR count). The van der Waals surface area contributed by atoms with Gasteiger partial charge in [0.1, 0.15) is 0 Å². The molecule has 0 unspecified atom stereocenters. The monoisotopic (exact) mass is 210 g/mol. The summed E-state index contributed by atoms with van der Waals surface area (Å²) >= 11 is 3.71. The van der Waals surface area contributed by atoms with Crippen molar-refractivity contribution < 1.29 is 4.79 Å². The van der Waals surface area contributed by atoms with Crippen LogP contribution >= 0.6 is 15.9 Å². The number of hydrogen-bond acceptors (Lipinski definition) is 1. The zero-order valence-electron chi connectivity index (χ0n) is 5.83. The molecule has 0 radical (unpaired) electrons. The van der Waals surface area contributed by atoms with Gasteiger partial charge in [0, 0.05) is 5.92 Å². The quantitative estimate of drug-likeness (QED) is 0.548. The molecule has 0 spiro atoms. The van der Waals surface area contributed by atoms with Crippen LogP contribution in [0, 0.1) is 41.4 Å². The normalized spacial score (nSPS) is 89.9. The average molecular weight is 211 g/mol. The van der Waals surface area contributed by atoms with Crippen LogP contribution in [0.5, 0.6) is 0 Å². The van der Waals surface area contributed by atoms with Gasteiger partial charge in [0.15, 0.2) is 5.78 Å². The molecular weight excluding hydrogens is 204 g/mol. The molecule has 6 saturated carbocycles. The second-order valence-electron chi connectivity index (χ2n) is 5.02. The molecule has 0 N–H and O–H groups in total. The van der Waals surface area contributed by atoms with E-state index in [-0.39, 0.29) is 4.32 Å². The first-order chi connectivity index (χ1) is 5.28. The lowest BCUT2D eigenvalue weighted by Gasteiger charge is -2.85. The van der Waals surface area contributed by atoms with Crippen LogP contribution in [0.2, 0.25) is 0 Å². The smallest absolute Gasteiger partial charge is 0.153 e. The molecule has 4 atom stereocenters. The Morgan fingerprint density at radius 3 is 2.09 bits per heavy atom. The van der Waals surface area contributed by atoms with E-state index in [1.807, 2.05) is 0 Å². The van der Waals surface area contributed by atoms with Crippen molar-refractivity contribution in [1.82, 2.24) is 0 Å². The van der Waals surface area contributed by atoms with E-state index in [0.29, 0.717) is 11.7 Å². The zero-order chi connectivity index (χ0) is 7.12. The van der Waals surface area contributed by atoms with Crippen LogP contribution in [-0.4, -0.2) is 10.1 Å². The van der Waals surface area contributed by atoms with Crippen molar-refractivity contribution in [2.24, 2.45) is 41.4 Å². The number of alkyl halides is 1. The van der Waals surface area contributed by atoms with Gasteiger partial charge in [-0.15, -0.1) is 0 Å². The van der Waals surface area contributed by atoms with Gasteiger partial charge < -0.3 is 0 Å². The fraction of sp³-hybridized carbons (Fsp3) is 0.889. The molecule has 6 fully saturated rings. The molecule has 1 nitrogen and oxygen atoms in total. The highest BCUT2D eigenvalue weighted by molar-refractivity contribution is 9.10. The molecule has 56 valence electrons. The summed E-state index contributed by atoms with van der Waals surface area (Å²) in [6.45, 7) is 0. The fourth-order valence-electron chi connectivity index (χ4n) is 5.37. The molecule has 6 aliphatic rings. The van der Waals surface area contributed by atoms with Crippen LogP contribution in [0.1, 0.15) is 0 Å². The number of halogens is 1. The molecule has 0 aromatic rings. The van der Waals surface area contributed by atoms with Crippen molar-refractivity contribution in [3.05, 3.63) is 0 Å². The average Bonchev–Trinajstić information content (AvgIpc) is 2.14. The molecule has 0 aliphatic heterocycles. The second-order valence-corrected chi connectivity index (χ2v) is 6.33. The predicted octanol–water partition coefficient (Wildman–Crippen LogP) is 1.07. The topological polar surface area (TPSA) is 17.1 Å². The molecule has 6 aliphatic carbocycles. The van der Waals surface area contributed by atoms with E-state index in [2.05, 4.69) is 15.9 Å². The van der Waals surface area contributed by atoms with Gasteiger partial charge in [-0.05, 0) is 35.5 Å². The molecule has 0 saturated heterocycles. The molecule has 0 amide bonds. The maximum Gasteiger partial charge on any atom is 0.153 e. The SMILES string of the molecule is O=C1C2[C@@H]3C4C5[C@@H]3C1(Br)[C@@H]5[C@H]24. The summed E-state index contributed by atoms with van der Waals surface area (Å²) in [5.41, 5.74) is 0. The standard InChI is InChI=1S/C9H7BrO/c10-9-6-2-1-3(4(2)8(9)11)7(9)5(1)6/h1-7H/t1?,2-,3-,4?,5?,6+,7+,9?/m0/s1. The predicted molar refractivity (Wildman–Crippen MR) is 41.1 cm³/mol.